The third-order valence-electron chi connectivity index (χ3n) is 5.37. The molecule has 0 amide bonds. The van der Waals surface area contributed by atoms with Crippen LogP contribution < -0.4 is 0 Å². The van der Waals surface area contributed by atoms with Gasteiger partial charge in [-0.3, -0.25) is 0 Å². The van der Waals surface area contributed by atoms with Crippen LogP contribution in [0, 0.1) is 0 Å². The molecule has 32 heavy (non-hydrogen) atoms. The highest BCUT2D eigenvalue weighted by molar-refractivity contribution is 6.31. The second-order valence-corrected chi connectivity index (χ2v) is 8.60. The van der Waals surface area contributed by atoms with Gasteiger partial charge in [0.1, 0.15) is 30.5 Å². The van der Waals surface area contributed by atoms with Gasteiger partial charge in [0.15, 0.2) is 6.29 Å². The molecule has 1 aliphatic heterocycles. The number of methoxy groups -OCH3 is 1. The van der Waals surface area contributed by atoms with Crippen LogP contribution in [-0.2, 0) is 20.7 Å². The van der Waals surface area contributed by atoms with Gasteiger partial charge >= 0.3 is 0 Å². The summed E-state index contributed by atoms with van der Waals surface area (Å²) in [6.07, 6.45) is -5.36. The molecule has 0 spiro atoms. The lowest BCUT2D eigenvalue weighted by Crippen LogP contribution is -2.54. The van der Waals surface area contributed by atoms with E-state index in [-0.39, 0.29) is 6.10 Å². The van der Waals surface area contributed by atoms with Gasteiger partial charge in [-0.05, 0) is 55.5 Å². The van der Waals surface area contributed by atoms with Crippen LogP contribution in [-0.4, -0.2) is 58.8 Å². The number of nitrogens with zero attached hydrogens (tertiary/aromatic N) is 1. The highest BCUT2D eigenvalue weighted by atomic mass is 35.5. The van der Waals surface area contributed by atoms with E-state index in [0.717, 1.165) is 22.4 Å². The van der Waals surface area contributed by atoms with Crippen molar-refractivity contribution in [3.8, 4) is 0 Å². The van der Waals surface area contributed by atoms with Crippen molar-refractivity contribution in [2.24, 2.45) is 5.16 Å². The molecule has 174 valence electrons. The van der Waals surface area contributed by atoms with Gasteiger partial charge in [-0.1, -0.05) is 53.2 Å². The van der Waals surface area contributed by atoms with Crippen molar-refractivity contribution in [2.75, 3.05) is 7.11 Å². The summed E-state index contributed by atoms with van der Waals surface area (Å²) in [4.78, 5) is 5.30. The first-order valence-corrected chi connectivity index (χ1v) is 10.9. The van der Waals surface area contributed by atoms with Crippen molar-refractivity contribution < 1.29 is 29.6 Å². The molecule has 1 saturated heterocycles. The number of aliphatic hydroxyl groups is 3. The van der Waals surface area contributed by atoms with Crippen LogP contribution in [0.4, 0.5) is 0 Å². The number of ether oxygens (including phenoxy) is 2. The van der Waals surface area contributed by atoms with Gasteiger partial charge in [0.2, 0.25) is 0 Å². The van der Waals surface area contributed by atoms with E-state index in [4.69, 9.17) is 25.9 Å². The standard InChI is InChI=1S/C24H30ClNO6/c1-13(2)32-26-14(3)16-7-5-15(6-8-16)11-18-12-17(9-10-19(18)25)23-21(28)20(27)22(29)24(30-4)31-23/h5-10,12-13,20-24,27-29H,11H2,1-4H3. The number of rotatable bonds is 7. The molecule has 0 aromatic heterocycles. The summed E-state index contributed by atoms with van der Waals surface area (Å²) in [6, 6.07) is 13.3. The molecule has 1 aliphatic rings. The Morgan fingerprint density at radius 3 is 2.38 bits per heavy atom. The van der Waals surface area contributed by atoms with E-state index in [0.29, 0.717) is 17.0 Å². The molecule has 1 fully saturated rings. The van der Waals surface area contributed by atoms with Crippen LogP contribution in [0.2, 0.25) is 5.02 Å². The average Bonchev–Trinajstić information content (AvgIpc) is 2.78. The maximum absolute atomic E-state index is 10.4. The second kappa shape index (κ2) is 10.7. The maximum atomic E-state index is 10.4. The molecule has 5 atom stereocenters. The molecule has 2 aromatic carbocycles. The zero-order chi connectivity index (χ0) is 23.4. The first kappa shape index (κ1) is 24.6. The maximum Gasteiger partial charge on any atom is 0.186 e. The molecule has 1 heterocycles. The molecular weight excluding hydrogens is 434 g/mol. The van der Waals surface area contributed by atoms with Gasteiger partial charge in [0.25, 0.3) is 0 Å². The van der Waals surface area contributed by atoms with Crippen LogP contribution in [0.15, 0.2) is 47.6 Å². The third-order valence-corrected chi connectivity index (χ3v) is 5.74. The first-order chi connectivity index (χ1) is 15.2. The lowest BCUT2D eigenvalue weighted by Gasteiger charge is -2.40. The van der Waals surface area contributed by atoms with E-state index >= 15 is 0 Å². The predicted octanol–water partition coefficient (Wildman–Crippen LogP) is 3.21. The fourth-order valence-electron chi connectivity index (χ4n) is 3.55. The predicted molar refractivity (Wildman–Crippen MR) is 122 cm³/mol. The van der Waals surface area contributed by atoms with Crippen LogP contribution >= 0.6 is 11.6 Å². The fraction of sp³-hybridized carbons (Fsp3) is 0.458. The Kier molecular flexibility index (Phi) is 8.27. The molecule has 7 nitrogen and oxygen atoms in total. The van der Waals surface area contributed by atoms with Crippen LogP contribution in [0.5, 0.6) is 0 Å². The van der Waals surface area contributed by atoms with Gasteiger partial charge in [-0.2, -0.15) is 0 Å². The van der Waals surface area contributed by atoms with Crippen molar-refractivity contribution in [1.82, 2.24) is 0 Å². The SMILES string of the molecule is COC1OC(c2ccc(Cl)c(Cc3ccc(C(C)=NOC(C)C)cc3)c2)C(O)C(O)C1O. The Hall–Kier alpha value is -2.00. The molecule has 0 saturated carbocycles. The minimum atomic E-state index is -1.39. The van der Waals surface area contributed by atoms with E-state index in [1.807, 2.05) is 51.1 Å². The second-order valence-electron chi connectivity index (χ2n) is 8.19. The lowest BCUT2D eigenvalue weighted by molar-refractivity contribution is -0.292. The van der Waals surface area contributed by atoms with Gasteiger partial charge in [0.05, 0.1) is 5.71 Å². The van der Waals surface area contributed by atoms with E-state index in [1.165, 1.54) is 7.11 Å². The van der Waals surface area contributed by atoms with E-state index in [2.05, 4.69) is 5.16 Å². The minimum Gasteiger partial charge on any atom is -0.393 e. The third kappa shape index (κ3) is 5.67. The summed E-state index contributed by atoms with van der Waals surface area (Å²) in [7, 11) is 1.37. The first-order valence-electron chi connectivity index (χ1n) is 10.5. The largest absolute Gasteiger partial charge is 0.393 e. The Morgan fingerprint density at radius 1 is 1.06 bits per heavy atom. The molecular formula is C24H30ClNO6. The summed E-state index contributed by atoms with van der Waals surface area (Å²) < 4.78 is 10.8. The summed E-state index contributed by atoms with van der Waals surface area (Å²) in [5.74, 6) is 0. The number of oxime groups is 1. The lowest BCUT2D eigenvalue weighted by atomic mass is 9.92. The Labute approximate surface area is 193 Å². The van der Waals surface area contributed by atoms with E-state index in [9.17, 15) is 15.3 Å². The summed E-state index contributed by atoms with van der Waals surface area (Å²) in [5, 5.41) is 35.3. The number of aliphatic hydroxyl groups excluding tert-OH is 3. The molecule has 8 heteroatoms. The van der Waals surface area contributed by atoms with E-state index < -0.39 is 30.7 Å². The van der Waals surface area contributed by atoms with Crippen molar-refractivity contribution in [2.45, 2.75) is 64.0 Å². The average molecular weight is 464 g/mol. The number of hydrogen-bond donors (Lipinski definition) is 3. The van der Waals surface area contributed by atoms with Crippen molar-refractivity contribution in [3.63, 3.8) is 0 Å². The Bertz CT molecular complexity index is 931. The summed E-state index contributed by atoms with van der Waals surface area (Å²) in [5.41, 5.74) is 4.28. The minimum absolute atomic E-state index is 0.0221. The zero-order valence-corrected chi connectivity index (χ0v) is 19.4. The van der Waals surface area contributed by atoms with Crippen molar-refractivity contribution >= 4 is 17.3 Å². The molecule has 3 rings (SSSR count). The quantitative estimate of drug-likeness (QED) is 0.430. The normalized spacial score (nSPS) is 26.4. The highest BCUT2D eigenvalue weighted by Crippen LogP contribution is 2.34. The number of hydrogen-bond acceptors (Lipinski definition) is 7. The van der Waals surface area contributed by atoms with Crippen LogP contribution in [0.1, 0.15) is 49.1 Å². The van der Waals surface area contributed by atoms with E-state index in [1.54, 1.807) is 12.1 Å². The monoisotopic (exact) mass is 463 g/mol. The smallest absolute Gasteiger partial charge is 0.186 e. The Morgan fingerprint density at radius 2 is 1.75 bits per heavy atom. The Balaban J connectivity index is 1.78. The van der Waals surface area contributed by atoms with Crippen molar-refractivity contribution in [3.05, 3.63) is 69.7 Å². The summed E-state index contributed by atoms with van der Waals surface area (Å²) >= 11 is 6.43. The van der Waals surface area contributed by atoms with Gasteiger partial charge in [-0.25, -0.2) is 0 Å². The van der Waals surface area contributed by atoms with Crippen LogP contribution in [0.25, 0.3) is 0 Å². The molecule has 2 aromatic rings. The fourth-order valence-corrected chi connectivity index (χ4v) is 3.73. The molecule has 0 radical (unpaired) electrons. The summed E-state index contributed by atoms with van der Waals surface area (Å²) in [6.45, 7) is 5.74. The topological polar surface area (TPSA) is 101 Å². The van der Waals surface area contributed by atoms with Gasteiger partial charge in [0, 0.05) is 12.1 Å². The zero-order valence-electron chi connectivity index (χ0n) is 18.6. The van der Waals surface area contributed by atoms with Gasteiger partial charge < -0.3 is 29.6 Å². The van der Waals surface area contributed by atoms with Crippen LogP contribution in [0.3, 0.4) is 0 Å². The van der Waals surface area contributed by atoms with Gasteiger partial charge in [-0.15, -0.1) is 0 Å². The van der Waals surface area contributed by atoms with Crippen molar-refractivity contribution in [1.29, 1.82) is 0 Å². The number of benzene rings is 2. The number of halogens is 1. The molecule has 0 aliphatic carbocycles. The highest BCUT2D eigenvalue weighted by Gasteiger charge is 2.44. The molecule has 0 bridgehead atoms. The molecule has 3 N–H and O–H groups in total. The molecule has 5 unspecified atom stereocenters.